The van der Waals surface area contributed by atoms with Crippen molar-refractivity contribution in [3.63, 3.8) is 0 Å². The monoisotopic (exact) mass is 1010 g/mol. The molecule has 1 aliphatic carbocycles. The fourth-order valence-corrected chi connectivity index (χ4v) is 0.832. The Bertz CT molecular complexity index is 1130. The summed E-state index contributed by atoms with van der Waals surface area (Å²) >= 11 is 12.7. The average Bonchev–Trinajstić information content (AvgIpc) is 4.19. The Labute approximate surface area is 420 Å². The number of nitrogens with zero attached hydrogens (tertiary/aromatic N) is 2. The molecule has 65 heavy (non-hydrogen) atoms. The van der Waals surface area contributed by atoms with Crippen molar-refractivity contribution in [2.75, 3.05) is 47.4 Å². The molecule has 15 heteroatoms. The average molecular weight is 1010 g/mol. The summed E-state index contributed by atoms with van der Waals surface area (Å²) in [5.74, 6) is 2.50. The van der Waals surface area contributed by atoms with Crippen LogP contribution in [0.4, 0.5) is 0 Å². The highest BCUT2D eigenvalue weighted by Crippen LogP contribution is 2.26. The lowest BCUT2D eigenvalue weighted by Crippen LogP contribution is -1.88. The number of carboxylic acid groups (broad SMARTS) is 1. The third-order valence-corrected chi connectivity index (χ3v) is 3.80. The molecule has 1 heterocycles. The van der Waals surface area contributed by atoms with Gasteiger partial charge in [-0.1, -0.05) is 118 Å². The number of thiocarbonyl (C=S) groups is 1. The largest absolute Gasteiger partial charge is 0.481 e. The first-order valence-corrected chi connectivity index (χ1v) is 24.1. The number of halogens is 1. The van der Waals surface area contributed by atoms with Crippen molar-refractivity contribution in [1.29, 1.82) is 0 Å². The molecular formula is C50H104ClN3O8S3. The first kappa shape index (κ1) is 104. The number of epoxide rings is 1. The van der Waals surface area contributed by atoms with Gasteiger partial charge in [0.05, 0.1) is 24.1 Å². The van der Waals surface area contributed by atoms with Crippen LogP contribution in [0.25, 0.3) is 0 Å². The van der Waals surface area contributed by atoms with Crippen LogP contribution in [-0.2, 0) is 24.4 Å². The van der Waals surface area contributed by atoms with Gasteiger partial charge < -0.3 is 20.7 Å². The van der Waals surface area contributed by atoms with Crippen LogP contribution in [0.5, 0.6) is 0 Å². The minimum absolute atomic E-state index is 0.583. The molecule has 1 aliphatic heterocycles. The van der Waals surface area contributed by atoms with Gasteiger partial charge in [0.15, 0.2) is 0 Å². The van der Waals surface area contributed by atoms with E-state index >= 15 is 0 Å². The molecule has 5 N–H and O–H groups in total. The zero-order chi connectivity index (χ0) is 56.1. The molecule has 2 rings (SSSR count). The SMILES string of the molecule is C#CC.C/C=C/C.C/C=C/CC.C/C=C/CCC.C=C(C)C.C=C(C)Cl.C=CC.CC(=O)O.CC1CC1.CC1CO1.CC=C(C)C.CN.CN=C=O.CN=C=S.CO.CS.CS(=O)(=O)O. The van der Waals surface area contributed by atoms with Crippen LogP contribution < -0.4 is 5.73 Å². The lowest BCUT2D eigenvalue weighted by Gasteiger charge is -1.76. The predicted molar refractivity (Wildman–Crippen MR) is 305 cm³/mol. The van der Waals surface area contributed by atoms with E-state index in [2.05, 4.69) is 157 Å². The molecule has 0 radical (unpaired) electrons. The highest BCUT2D eigenvalue weighted by molar-refractivity contribution is 7.85. The number of thiol groups is 1. The number of ether oxygens (including phenoxy) is 1. The van der Waals surface area contributed by atoms with Gasteiger partial charge in [-0.25, -0.2) is 14.8 Å². The number of aliphatic hydroxyl groups is 1. The highest BCUT2D eigenvalue weighted by atomic mass is 35.5. The summed E-state index contributed by atoms with van der Waals surface area (Å²) in [6.45, 7) is 44.5. The number of hydrogen-bond donors (Lipinski definition) is 5. The van der Waals surface area contributed by atoms with E-state index in [0.717, 1.165) is 33.0 Å². The maximum atomic E-state index is 9.19. The number of aliphatic imine (C=N–C) groups is 2. The fraction of sp³-hybridized carbons (Fsp3) is 0.620. The summed E-state index contributed by atoms with van der Waals surface area (Å²) in [6.07, 6.45) is 31.8. The van der Waals surface area contributed by atoms with E-state index in [1.165, 1.54) is 57.0 Å². The number of nitrogens with two attached hydrogens (primary N) is 1. The molecule has 392 valence electrons. The van der Waals surface area contributed by atoms with E-state index in [9.17, 15) is 8.42 Å². The number of aliphatic hydroxyl groups excluding tert-OH is 1. The van der Waals surface area contributed by atoms with Crippen molar-refractivity contribution < 1.29 is 37.5 Å². The zero-order valence-electron chi connectivity index (χ0n) is 45.7. The van der Waals surface area contributed by atoms with Gasteiger partial charge in [-0.2, -0.15) is 21.0 Å². The van der Waals surface area contributed by atoms with E-state index in [1.54, 1.807) is 33.2 Å². The maximum absolute atomic E-state index is 9.19. The summed E-state index contributed by atoms with van der Waals surface area (Å²) in [4.78, 5) is 24.1. The second kappa shape index (κ2) is 131. The van der Waals surface area contributed by atoms with Gasteiger partial charge in [-0.15, -0.1) is 25.5 Å². The van der Waals surface area contributed by atoms with Gasteiger partial charge in [-0.3, -0.25) is 9.35 Å². The number of carboxylic acids is 1. The minimum atomic E-state index is -3.67. The summed E-state index contributed by atoms with van der Waals surface area (Å²) in [5, 5.41) is 17.2. The Kier molecular flexibility index (Phi) is 210. The van der Waals surface area contributed by atoms with Gasteiger partial charge in [-0.05, 0) is 134 Å². The Morgan fingerprint density at radius 3 is 1.11 bits per heavy atom. The number of terminal acetylenes is 1. The number of aliphatic carboxylic acids is 1. The standard InChI is InChI=1S/C6H12.2C5H10.3C4H8.C3H5Cl.C3H6O.C3H6.C3H4.C2H3NO.C2H3NS.C2H4O2.CH5N.CH4O3S.CH4O.CH4S/c1-3-5-6-4-2;1-4-5(2)3;1-3-5-4-2;1-4-2-3-4;1-4(2)3;1-3-4-2;1-3(2)4;1-3-2-4-3;2*1-3-2;2*1-3-2-4;1-2(3)4;1-2;1-5(2,3)4;2*1-2/h3,5H,4,6H2,1-2H3;4H,1-3H3;3,5H,4H2,1-2H3;4H,2-3H2,1H3;1H2,2-3H3;3-4H,1-2H3;1H2,2H3;3H,2H2,1H3;3H,1H2,2H3;1H,2H3;2*1H3;1H3,(H,3,4);2H2,1H3;1H3,(H,2,3,4);2*2H,1H3/b5-3+;;5-3+;;;4-3+;;;;;;;;;;;. The van der Waals surface area contributed by atoms with E-state index in [0.29, 0.717) is 17.4 Å². The highest BCUT2D eigenvalue weighted by Gasteiger charge is 2.13. The van der Waals surface area contributed by atoms with Crippen molar-refractivity contribution in [3.05, 3.63) is 84.5 Å². The van der Waals surface area contributed by atoms with Crippen molar-refractivity contribution >= 4 is 63.8 Å². The van der Waals surface area contributed by atoms with E-state index in [-0.39, 0.29) is 0 Å². The summed E-state index contributed by atoms with van der Waals surface area (Å²) in [6, 6.07) is 0. The number of unbranched alkanes of at least 4 members (excludes halogenated alkanes) is 1. The second-order valence-corrected chi connectivity index (χ2v) is 14.0. The number of allylic oxidation sites excluding steroid dienone is 11. The zero-order valence-corrected chi connectivity index (χ0v) is 49.0. The van der Waals surface area contributed by atoms with Gasteiger partial charge in [0.1, 0.15) is 0 Å². The Balaban J connectivity index is -0.0000000317. The van der Waals surface area contributed by atoms with Crippen LogP contribution >= 0.6 is 36.4 Å². The number of hydrogen-bond acceptors (Lipinski definition) is 11. The third-order valence-electron chi connectivity index (χ3n) is 3.62. The van der Waals surface area contributed by atoms with Crippen molar-refractivity contribution in [3.8, 4) is 12.3 Å². The van der Waals surface area contributed by atoms with Crippen LogP contribution in [0, 0.1) is 18.3 Å². The second-order valence-electron chi connectivity index (χ2n) is 11.7. The number of rotatable bonds is 3. The molecule has 1 saturated carbocycles. The molecule has 1 atom stereocenters. The fourth-order valence-electron chi connectivity index (χ4n) is 0.832. The predicted octanol–water partition coefficient (Wildman–Crippen LogP) is 14.9. The van der Waals surface area contributed by atoms with Crippen LogP contribution in [0.2, 0.25) is 0 Å². The molecule has 1 unspecified atom stereocenters. The molecule has 0 aromatic rings. The van der Waals surface area contributed by atoms with Crippen LogP contribution in [0.3, 0.4) is 0 Å². The lowest BCUT2D eigenvalue weighted by atomic mass is 10.3. The molecule has 0 spiro atoms. The molecule has 0 bridgehead atoms. The summed E-state index contributed by atoms with van der Waals surface area (Å²) < 4.78 is 30.6. The van der Waals surface area contributed by atoms with E-state index in [4.69, 9.17) is 40.7 Å². The number of carbonyl (C=O) groups excluding carboxylic acids is 1. The number of isocyanates is 1. The summed E-state index contributed by atoms with van der Waals surface area (Å²) in [5.41, 5.74) is 7.05. The molecule has 2 aliphatic rings. The van der Waals surface area contributed by atoms with Gasteiger partial charge in [0.2, 0.25) is 6.08 Å². The molecule has 0 aromatic carbocycles. The van der Waals surface area contributed by atoms with Crippen molar-refractivity contribution in [1.82, 2.24) is 0 Å². The third kappa shape index (κ3) is 1280. The van der Waals surface area contributed by atoms with Gasteiger partial charge in [0, 0.05) is 33.2 Å². The molecular weight excluding hydrogens is 902 g/mol. The Morgan fingerprint density at radius 1 is 0.908 bits per heavy atom. The Morgan fingerprint density at radius 2 is 1.09 bits per heavy atom. The minimum Gasteiger partial charge on any atom is -0.481 e. The van der Waals surface area contributed by atoms with Gasteiger partial charge in [0.25, 0.3) is 16.1 Å². The molecule has 2 fully saturated rings. The van der Waals surface area contributed by atoms with E-state index in [1.807, 2.05) is 60.6 Å². The smallest absolute Gasteiger partial charge is 0.300 e. The topological polar surface area (TPSA) is 192 Å². The first-order chi connectivity index (χ1) is 30.2. The van der Waals surface area contributed by atoms with Crippen molar-refractivity contribution in [2.24, 2.45) is 21.6 Å². The normalized spacial score (nSPS) is 10.1. The molecule has 11 nitrogen and oxygen atoms in total. The molecule has 0 aromatic heterocycles. The molecule has 0 amide bonds. The van der Waals surface area contributed by atoms with Crippen molar-refractivity contribution in [2.45, 2.75) is 156 Å². The quantitative estimate of drug-likeness (QED) is 0.0266. The van der Waals surface area contributed by atoms with Gasteiger partial charge >= 0.3 is 0 Å². The lowest BCUT2D eigenvalue weighted by molar-refractivity contribution is -0.134. The van der Waals surface area contributed by atoms with Crippen LogP contribution in [0.15, 0.2) is 94.5 Å². The molecule has 1 saturated heterocycles. The first-order valence-electron chi connectivity index (χ1n) is 20.6. The number of carbonyl (C=O) groups is 1. The van der Waals surface area contributed by atoms with Crippen LogP contribution in [-0.4, -0.2) is 93.9 Å². The number of isothiocyanates is 1. The van der Waals surface area contributed by atoms with Crippen LogP contribution in [0.1, 0.15) is 150 Å². The summed E-state index contributed by atoms with van der Waals surface area (Å²) in [7, 11) is 1.81. The Hall–Kier alpha value is -3.18. The van der Waals surface area contributed by atoms with E-state index < -0.39 is 16.1 Å². The maximum Gasteiger partial charge on any atom is 0.300 e.